The average Bonchev–Trinajstić information content (AvgIpc) is 3.46. The molecule has 0 aliphatic carbocycles. The number of imidazole rings is 1. The standard InChI is InChI=1S/C23H25N3O2S/c27-23(21-9-3-4-10-22(21)29-16-20-8-5-13-28-20)25-14-18-6-1-2-7-19(18)15-26-12-11-24-17-26/h1-4,6-7,9-12,17,20H,5,8,13-16H2,(H,25,27)/t20-/m0/s1. The van der Waals surface area contributed by atoms with Crippen molar-refractivity contribution in [3.8, 4) is 0 Å². The zero-order chi connectivity index (χ0) is 19.9. The normalized spacial score (nSPS) is 16.1. The van der Waals surface area contributed by atoms with Crippen LogP contribution >= 0.6 is 11.8 Å². The molecule has 1 aromatic heterocycles. The maximum Gasteiger partial charge on any atom is 0.252 e. The third kappa shape index (κ3) is 5.28. The third-order valence-electron chi connectivity index (χ3n) is 5.05. The van der Waals surface area contributed by atoms with E-state index in [0.717, 1.165) is 47.8 Å². The Morgan fingerprint density at radius 2 is 2.00 bits per heavy atom. The van der Waals surface area contributed by atoms with Crippen LogP contribution in [0.25, 0.3) is 0 Å². The summed E-state index contributed by atoms with van der Waals surface area (Å²) in [5.74, 6) is 0.843. The van der Waals surface area contributed by atoms with Gasteiger partial charge in [-0.05, 0) is 36.1 Å². The highest BCUT2D eigenvalue weighted by Crippen LogP contribution is 2.27. The van der Waals surface area contributed by atoms with Gasteiger partial charge in [0.1, 0.15) is 0 Å². The Morgan fingerprint density at radius 3 is 2.79 bits per heavy atom. The number of benzene rings is 2. The fourth-order valence-corrected chi connectivity index (χ4v) is 4.59. The first-order valence-corrected chi connectivity index (χ1v) is 10.9. The van der Waals surface area contributed by atoms with Crippen LogP contribution in [0.2, 0.25) is 0 Å². The Kier molecular flexibility index (Phi) is 6.64. The molecular weight excluding hydrogens is 382 g/mol. The lowest BCUT2D eigenvalue weighted by Gasteiger charge is -2.14. The summed E-state index contributed by atoms with van der Waals surface area (Å²) in [6, 6.07) is 16.0. The Labute approximate surface area is 175 Å². The molecule has 0 unspecified atom stereocenters. The molecule has 29 heavy (non-hydrogen) atoms. The zero-order valence-electron chi connectivity index (χ0n) is 16.3. The first-order chi connectivity index (χ1) is 14.3. The fraction of sp³-hybridized carbons (Fsp3) is 0.304. The van der Waals surface area contributed by atoms with E-state index in [1.54, 1.807) is 24.3 Å². The summed E-state index contributed by atoms with van der Waals surface area (Å²) >= 11 is 1.70. The highest BCUT2D eigenvalue weighted by atomic mass is 32.2. The molecule has 1 fully saturated rings. The highest BCUT2D eigenvalue weighted by molar-refractivity contribution is 7.99. The van der Waals surface area contributed by atoms with E-state index in [4.69, 9.17) is 4.74 Å². The number of aromatic nitrogens is 2. The van der Waals surface area contributed by atoms with Crippen LogP contribution in [0.5, 0.6) is 0 Å². The topological polar surface area (TPSA) is 56.2 Å². The summed E-state index contributed by atoms with van der Waals surface area (Å²) in [7, 11) is 0. The second-order valence-electron chi connectivity index (χ2n) is 7.13. The van der Waals surface area contributed by atoms with Crippen molar-refractivity contribution >= 4 is 17.7 Å². The first kappa shape index (κ1) is 19.7. The minimum Gasteiger partial charge on any atom is -0.377 e. The molecule has 0 spiro atoms. The van der Waals surface area contributed by atoms with Gasteiger partial charge in [-0.1, -0.05) is 36.4 Å². The van der Waals surface area contributed by atoms with Gasteiger partial charge < -0.3 is 14.6 Å². The number of carbonyl (C=O) groups excluding carboxylic acids is 1. The lowest BCUT2D eigenvalue weighted by Crippen LogP contribution is -2.24. The molecule has 2 heterocycles. The number of hydrogen-bond acceptors (Lipinski definition) is 4. The van der Waals surface area contributed by atoms with Crippen molar-refractivity contribution in [1.82, 2.24) is 14.9 Å². The van der Waals surface area contributed by atoms with Gasteiger partial charge in [-0.25, -0.2) is 4.98 Å². The molecule has 1 amide bonds. The third-order valence-corrected chi connectivity index (χ3v) is 6.26. The molecule has 0 radical (unpaired) electrons. The van der Waals surface area contributed by atoms with Gasteiger partial charge in [-0.2, -0.15) is 0 Å². The summed E-state index contributed by atoms with van der Waals surface area (Å²) in [4.78, 5) is 18.0. The van der Waals surface area contributed by atoms with Gasteiger partial charge in [0.05, 0.1) is 18.0 Å². The van der Waals surface area contributed by atoms with Crippen LogP contribution in [-0.2, 0) is 17.8 Å². The average molecular weight is 408 g/mol. The number of thioether (sulfide) groups is 1. The van der Waals surface area contributed by atoms with E-state index in [2.05, 4.69) is 22.4 Å². The van der Waals surface area contributed by atoms with Crippen molar-refractivity contribution in [2.24, 2.45) is 0 Å². The molecule has 150 valence electrons. The van der Waals surface area contributed by atoms with E-state index >= 15 is 0 Å². The van der Waals surface area contributed by atoms with E-state index in [-0.39, 0.29) is 5.91 Å². The minimum atomic E-state index is -0.0436. The molecule has 0 saturated carbocycles. The molecule has 4 rings (SSSR count). The summed E-state index contributed by atoms with van der Waals surface area (Å²) in [5.41, 5.74) is 3.01. The molecule has 1 N–H and O–H groups in total. The zero-order valence-corrected chi connectivity index (χ0v) is 17.1. The van der Waals surface area contributed by atoms with Crippen molar-refractivity contribution in [3.63, 3.8) is 0 Å². The summed E-state index contributed by atoms with van der Waals surface area (Å²) < 4.78 is 7.73. The molecule has 5 nitrogen and oxygen atoms in total. The van der Waals surface area contributed by atoms with Crippen LogP contribution in [-0.4, -0.2) is 33.9 Å². The van der Waals surface area contributed by atoms with Crippen LogP contribution in [0.1, 0.15) is 34.3 Å². The molecular formula is C23H25N3O2S. The molecule has 1 aliphatic heterocycles. The second-order valence-corrected chi connectivity index (χ2v) is 8.19. The number of nitrogens with one attached hydrogen (secondary N) is 1. The van der Waals surface area contributed by atoms with Crippen LogP contribution in [0.4, 0.5) is 0 Å². The maximum absolute atomic E-state index is 12.9. The van der Waals surface area contributed by atoms with Crippen LogP contribution in [0.3, 0.4) is 0 Å². The molecule has 1 atom stereocenters. The lowest BCUT2D eigenvalue weighted by molar-refractivity contribution is 0.0947. The largest absolute Gasteiger partial charge is 0.377 e. The minimum absolute atomic E-state index is 0.0436. The highest BCUT2D eigenvalue weighted by Gasteiger charge is 2.18. The number of ether oxygens (including phenoxy) is 1. The van der Waals surface area contributed by atoms with E-state index in [0.29, 0.717) is 12.6 Å². The van der Waals surface area contributed by atoms with E-state index in [1.807, 2.05) is 47.2 Å². The molecule has 1 saturated heterocycles. The van der Waals surface area contributed by atoms with Crippen LogP contribution in [0.15, 0.2) is 72.1 Å². The molecule has 3 aromatic rings. The predicted octanol–water partition coefficient (Wildman–Crippen LogP) is 4.13. The van der Waals surface area contributed by atoms with Gasteiger partial charge >= 0.3 is 0 Å². The number of amides is 1. The Bertz CT molecular complexity index is 937. The Morgan fingerprint density at radius 1 is 1.17 bits per heavy atom. The fourth-order valence-electron chi connectivity index (χ4n) is 3.47. The van der Waals surface area contributed by atoms with Crippen molar-refractivity contribution in [3.05, 3.63) is 83.9 Å². The van der Waals surface area contributed by atoms with Crippen molar-refractivity contribution in [2.45, 2.75) is 36.9 Å². The maximum atomic E-state index is 12.9. The summed E-state index contributed by atoms with van der Waals surface area (Å²) in [5, 5.41) is 3.10. The summed E-state index contributed by atoms with van der Waals surface area (Å²) in [6.07, 6.45) is 8.05. The smallest absolute Gasteiger partial charge is 0.252 e. The summed E-state index contributed by atoms with van der Waals surface area (Å²) in [6.45, 7) is 2.08. The Balaban J connectivity index is 1.40. The molecule has 1 aliphatic rings. The predicted molar refractivity (Wildman–Crippen MR) is 115 cm³/mol. The van der Waals surface area contributed by atoms with Crippen LogP contribution < -0.4 is 5.32 Å². The number of nitrogens with zero attached hydrogens (tertiary/aromatic N) is 2. The monoisotopic (exact) mass is 407 g/mol. The second kappa shape index (κ2) is 9.76. The number of carbonyl (C=O) groups is 1. The SMILES string of the molecule is O=C(NCc1ccccc1Cn1ccnc1)c1ccccc1SC[C@@H]1CCCO1. The molecule has 2 aromatic carbocycles. The van der Waals surface area contributed by atoms with E-state index in [9.17, 15) is 4.79 Å². The van der Waals surface area contributed by atoms with E-state index in [1.165, 1.54) is 5.56 Å². The van der Waals surface area contributed by atoms with Gasteiger partial charge in [0, 0.05) is 42.7 Å². The van der Waals surface area contributed by atoms with Gasteiger partial charge in [0.2, 0.25) is 0 Å². The molecule has 0 bridgehead atoms. The van der Waals surface area contributed by atoms with Crippen molar-refractivity contribution in [2.75, 3.05) is 12.4 Å². The van der Waals surface area contributed by atoms with Crippen molar-refractivity contribution < 1.29 is 9.53 Å². The Hall–Kier alpha value is -2.57. The van der Waals surface area contributed by atoms with Crippen molar-refractivity contribution in [1.29, 1.82) is 0 Å². The van der Waals surface area contributed by atoms with Crippen LogP contribution in [0, 0.1) is 0 Å². The van der Waals surface area contributed by atoms with E-state index < -0.39 is 0 Å². The van der Waals surface area contributed by atoms with Gasteiger partial charge in [-0.15, -0.1) is 11.8 Å². The number of hydrogen-bond donors (Lipinski definition) is 1. The van der Waals surface area contributed by atoms with Gasteiger partial charge in [0.15, 0.2) is 0 Å². The lowest BCUT2D eigenvalue weighted by atomic mass is 10.1. The number of rotatable bonds is 8. The quantitative estimate of drug-likeness (QED) is 0.571. The first-order valence-electron chi connectivity index (χ1n) is 9.94. The molecule has 6 heteroatoms. The van der Waals surface area contributed by atoms with Gasteiger partial charge in [0.25, 0.3) is 5.91 Å². The van der Waals surface area contributed by atoms with Gasteiger partial charge in [-0.3, -0.25) is 4.79 Å².